The van der Waals surface area contributed by atoms with Crippen molar-refractivity contribution in [1.82, 2.24) is 5.32 Å². The Hall–Kier alpha value is -4.44. The van der Waals surface area contributed by atoms with Gasteiger partial charge < -0.3 is 15.2 Å². The summed E-state index contributed by atoms with van der Waals surface area (Å²) in [7, 11) is 0. The van der Waals surface area contributed by atoms with E-state index in [0.29, 0.717) is 21.5 Å². The van der Waals surface area contributed by atoms with E-state index in [1.165, 1.54) is 30.3 Å². The standard InChI is InChI=1S/C27H22BrN3O6/c1-15-3-4-16(2)22(11-15)29-24(33)14-37-23-10-5-17(13-21(23)28)12-20-25(34)30-27(36)31(26(20)35)18-6-8-19(32)9-7-18/h3-13,32H,14H2,1-2H3,(H,29,33)(H,30,34,36)/b20-12-. The van der Waals surface area contributed by atoms with E-state index in [0.717, 1.165) is 16.0 Å². The number of aromatic hydroxyl groups is 1. The van der Waals surface area contributed by atoms with Gasteiger partial charge in [0.05, 0.1) is 10.2 Å². The molecule has 5 amide bonds. The molecule has 0 atom stereocenters. The summed E-state index contributed by atoms with van der Waals surface area (Å²) in [4.78, 5) is 50.9. The highest BCUT2D eigenvalue weighted by atomic mass is 79.9. The van der Waals surface area contributed by atoms with Gasteiger partial charge in [-0.3, -0.25) is 19.7 Å². The van der Waals surface area contributed by atoms with Gasteiger partial charge in [0.2, 0.25) is 0 Å². The number of ether oxygens (including phenoxy) is 1. The van der Waals surface area contributed by atoms with E-state index in [-0.39, 0.29) is 29.5 Å². The first-order valence-corrected chi connectivity index (χ1v) is 11.9. The van der Waals surface area contributed by atoms with E-state index in [1.54, 1.807) is 18.2 Å². The molecule has 0 radical (unpaired) electrons. The Labute approximate surface area is 220 Å². The van der Waals surface area contributed by atoms with E-state index < -0.39 is 17.8 Å². The fourth-order valence-electron chi connectivity index (χ4n) is 3.58. The third kappa shape index (κ3) is 5.87. The molecule has 1 aliphatic heterocycles. The second kappa shape index (κ2) is 10.7. The first kappa shape index (κ1) is 25.6. The zero-order valence-corrected chi connectivity index (χ0v) is 21.5. The largest absolute Gasteiger partial charge is 0.508 e. The summed E-state index contributed by atoms with van der Waals surface area (Å²) >= 11 is 3.39. The molecule has 1 saturated heterocycles. The fourth-order valence-corrected chi connectivity index (χ4v) is 4.10. The van der Waals surface area contributed by atoms with Crippen molar-refractivity contribution in [2.75, 3.05) is 16.8 Å². The van der Waals surface area contributed by atoms with Crippen LogP contribution in [0.4, 0.5) is 16.2 Å². The molecule has 3 aromatic carbocycles. The van der Waals surface area contributed by atoms with Crippen molar-refractivity contribution >= 4 is 57.1 Å². The molecule has 3 N–H and O–H groups in total. The van der Waals surface area contributed by atoms with Crippen LogP contribution in [0.3, 0.4) is 0 Å². The number of phenols is 1. The number of carbonyl (C=O) groups excluding carboxylic acids is 4. The lowest BCUT2D eigenvalue weighted by molar-refractivity contribution is -0.122. The van der Waals surface area contributed by atoms with Gasteiger partial charge in [0, 0.05) is 5.69 Å². The molecule has 1 fully saturated rings. The summed E-state index contributed by atoms with van der Waals surface area (Å²) in [5.74, 6) is -1.60. The second-order valence-corrected chi connectivity index (χ2v) is 9.17. The van der Waals surface area contributed by atoms with Crippen LogP contribution in [0, 0.1) is 13.8 Å². The predicted octanol–water partition coefficient (Wildman–Crippen LogP) is 4.46. The topological polar surface area (TPSA) is 125 Å². The second-order valence-electron chi connectivity index (χ2n) is 8.32. The van der Waals surface area contributed by atoms with Gasteiger partial charge in [-0.05, 0) is 95.0 Å². The minimum Gasteiger partial charge on any atom is -0.508 e. The summed E-state index contributed by atoms with van der Waals surface area (Å²) in [5, 5.41) is 14.4. The molecule has 10 heteroatoms. The van der Waals surface area contributed by atoms with Crippen LogP contribution >= 0.6 is 15.9 Å². The van der Waals surface area contributed by atoms with Crippen molar-refractivity contribution in [3.8, 4) is 11.5 Å². The first-order chi connectivity index (χ1) is 17.6. The Balaban J connectivity index is 1.47. The molecule has 1 aliphatic rings. The quantitative estimate of drug-likeness (QED) is 0.300. The first-order valence-electron chi connectivity index (χ1n) is 11.1. The van der Waals surface area contributed by atoms with Gasteiger partial charge in [-0.2, -0.15) is 0 Å². The van der Waals surface area contributed by atoms with Crippen LogP contribution in [0.2, 0.25) is 0 Å². The number of anilines is 2. The summed E-state index contributed by atoms with van der Waals surface area (Å²) in [5.41, 5.74) is 3.10. The highest BCUT2D eigenvalue weighted by Crippen LogP contribution is 2.29. The van der Waals surface area contributed by atoms with E-state index in [4.69, 9.17) is 4.74 Å². The third-order valence-corrected chi connectivity index (χ3v) is 6.12. The number of amides is 5. The molecule has 0 aliphatic carbocycles. The number of nitrogens with one attached hydrogen (secondary N) is 2. The lowest BCUT2D eigenvalue weighted by Gasteiger charge is -2.26. The molecule has 0 bridgehead atoms. The number of hydrogen-bond acceptors (Lipinski definition) is 6. The number of benzene rings is 3. The smallest absolute Gasteiger partial charge is 0.335 e. The molecule has 9 nitrogen and oxygen atoms in total. The molecule has 3 aromatic rings. The van der Waals surface area contributed by atoms with E-state index in [9.17, 15) is 24.3 Å². The number of rotatable bonds is 6. The van der Waals surface area contributed by atoms with Gasteiger partial charge in [0.25, 0.3) is 17.7 Å². The summed E-state index contributed by atoms with van der Waals surface area (Å²) in [6.45, 7) is 3.61. The van der Waals surface area contributed by atoms with Gasteiger partial charge in [-0.15, -0.1) is 0 Å². The average molecular weight is 564 g/mol. The van der Waals surface area contributed by atoms with Crippen LogP contribution in [0.25, 0.3) is 6.08 Å². The minimum absolute atomic E-state index is 0.0321. The monoisotopic (exact) mass is 563 g/mol. The van der Waals surface area contributed by atoms with Crippen LogP contribution in [-0.4, -0.2) is 35.5 Å². The van der Waals surface area contributed by atoms with Gasteiger partial charge in [0.1, 0.15) is 17.1 Å². The SMILES string of the molecule is Cc1ccc(C)c(NC(=O)COc2ccc(/C=C3/C(=O)NC(=O)N(c4ccc(O)cc4)C3=O)cc2Br)c1. The zero-order valence-electron chi connectivity index (χ0n) is 19.9. The number of imide groups is 2. The van der Waals surface area contributed by atoms with Gasteiger partial charge >= 0.3 is 6.03 Å². The van der Waals surface area contributed by atoms with Gasteiger partial charge in [-0.1, -0.05) is 18.2 Å². The number of hydrogen-bond donors (Lipinski definition) is 3. The van der Waals surface area contributed by atoms with Gasteiger partial charge in [0.15, 0.2) is 6.61 Å². The fraction of sp³-hybridized carbons (Fsp3) is 0.111. The average Bonchev–Trinajstić information content (AvgIpc) is 2.84. The van der Waals surface area contributed by atoms with Crippen LogP contribution < -0.4 is 20.3 Å². The molecule has 188 valence electrons. The number of aryl methyl sites for hydroxylation is 2. The molecule has 0 spiro atoms. The number of barbiturate groups is 1. The van der Waals surface area contributed by atoms with Crippen molar-refractivity contribution in [2.45, 2.75) is 13.8 Å². The number of halogens is 1. The zero-order chi connectivity index (χ0) is 26.7. The highest BCUT2D eigenvalue weighted by molar-refractivity contribution is 9.10. The Bertz CT molecular complexity index is 1450. The van der Waals surface area contributed by atoms with Crippen molar-refractivity contribution in [1.29, 1.82) is 0 Å². The number of nitrogens with zero attached hydrogens (tertiary/aromatic N) is 1. The van der Waals surface area contributed by atoms with Crippen molar-refractivity contribution in [3.63, 3.8) is 0 Å². The molecule has 0 aromatic heterocycles. The van der Waals surface area contributed by atoms with Crippen molar-refractivity contribution < 1.29 is 29.0 Å². The summed E-state index contributed by atoms with van der Waals surface area (Å²) in [6, 6.07) is 15.1. The lowest BCUT2D eigenvalue weighted by Crippen LogP contribution is -2.54. The Morgan fingerprint density at radius 3 is 2.49 bits per heavy atom. The number of carbonyl (C=O) groups is 4. The predicted molar refractivity (Wildman–Crippen MR) is 141 cm³/mol. The lowest BCUT2D eigenvalue weighted by atomic mass is 10.1. The highest BCUT2D eigenvalue weighted by Gasteiger charge is 2.36. The van der Waals surface area contributed by atoms with E-state index >= 15 is 0 Å². The van der Waals surface area contributed by atoms with Crippen LogP contribution in [-0.2, 0) is 14.4 Å². The minimum atomic E-state index is -0.887. The molecule has 0 unspecified atom stereocenters. The maximum atomic E-state index is 13.0. The normalized spacial score (nSPS) is 14.5. The molecule has 1 heterocycles. The molecular formula is C27H22BrN3O6. The van der Waals surface area contributed by atoms with E-state index in [2.05, 4.69) is 26.6 Å². The molecular weight excluding hydrogens is 542 g/mol. The Morgan fingerprint density at radius 2 is 1.78 bits per heavy atom. The summed E-state index contributed by atoms with van der Waals surface area (Å²) < 4.78 is 6.12. The Kier molecular flexibility index (Phi) is 7.40. The van der Waals surface area contributed by atoms with Crippen molar-refractivity contribution in [2.24, 2.45) is 0 Å². The van der Waals surface area contributed by atoms with Gasteiger partial charge in [-0.25, -0.2) is 9.69 Å². The van der Waals surface area contributed by atoms with E-state index in [1.807, 2.05) is 32.0 Å². The Morgan fingerprint density at radius 1 is 1.05 bits per heavy atom. The molecule has 0 saturated carbocycles. The molecule has 37 heavy (non-hydrogen) atoms. The maximum absolute atomic E-state index is 13.0. The summed E-state index contributed by atoms with van der Waals surface area (Å²) in [6.07, 6.45) is 1.35. The number of phenolic OH excluding ortho intramolecular Hbond substituents is 1. The van der Waals surface area contributed by atoms with Crippen molar-refractivity contribution in [3.05, 3.63) is 87.4 Å². The number of urea groups is 1. The van der Waals surface area contributed by atoms with Crippen LogP contribution in [0.1, 0.15) is 16.7 Å². The van der Waals surface area contributed by atoms with Crippen LogP contribution in [0.15, 0.2) is 70.7 Å². The third-order valence-electron chi connectivity index (χ3n) is 5.50. The maximum Gasteiger partial charge on any atom is 0.335 e. The van der Waals surface area contributed by atoms with Crippen LogP contribution in [0.5, 0.6) is 11.5 Å². The molecule has 4 rings (SSSR count).